The molecule has 0 radical (unpaired) electrons. The number of halogens is 1. The summed E-state index contributed by atoms with van der Waals surface area (Å²) in [6.45, 7) is 0. The topological polar surface area (TPSA) is 57.5 Å². The molecule has 2 aromatic carbocycles. The Kier molecular flexibility index (Phi) is 4.69. The molecule has 26 heavy (non-hydrogen) atoms. The van der Waals surface area contributed by atoms with Crippen LogP contribution < -0.4 is 5.32 Å². The highest BCUT2D eigenvalue weighted by atomic mass is 35.5. The number of phenols is 1. The van der Waals surface area contributed by atoms with Crippen molar-refractivity contribution >= 4 is 17.3 Å². The molecule has 2 N–H and O–H groups in total. The minimum Gasteiger partial charge on any atom is -0.508 e. The van der Waals surface area contributed by atoms with Crippen LogP contribution in [0.1, 0.15) is 35.3 Å². The van der Waals surface area contributed by atoms with Gasteiger partial charge in [0.2, 0.25) is 0 Å². The maximum Gasteiger partial charge on any atom is 0.126 e. The summed E-state index contributed by atoms with van der Waals surface area (Å²) >= 11 is 6.02. The molecule has 4 nitrogen and oxygen atoms in total. The Labute approximate surface area is 157 Å². The molecule has 0 saturated carbocycles. The predicted octanol–water partition coefficient (Wildman–Crippen LogP) is 4.66. The first-order valence-electron chi connectivity index (χ1n) is 8.47. The van der Waals surface area contributed by atoms with Gasteiger partial charge in [0.15, 0.2) is 0 Å². The largest absolute Gasteiger partial charge is 0.508 e. The van der Waals surface area contributed by atoms with Crippen molar-refractivity contribution in [1.29, 1.82) is 0 Å². The highest BCUT2D eigenvalue weighted by Crippen LogP contribution is 2.34. The van der Waals surface area contributed by atoms with Crippen molar-refractivity contribution < 1.29 is 5.11 Å². The lowest BCUT2D eigenvalue weighted by Crippen LogP contribution is -2.33. The zero-order chi connectivity index (χ0) is 17.9. The van der Waals surface area contributed by atoms with Gasteiger partial charge in [-0.05, 0) is 29.8 Å². The molecule has 1 aliphatic heterocycles. The van der Waals surface area contributed by atoms with Crippen LogP contribution in [-0.4, -0.2) is 15.8 Å². The second-order valence-electron chi connectivity index (χ2n) is 6.25. The van der Waals surface area contributed by atoms with Gasteiger partial charge in [-0.1, -0.05) is 48.0 Å². The van der Waals surface area contributed by atoms with Gasteiger partial charge in [0.1, 0.15) is 11.9 Å². The standard InChI is InChI=1S/C21H18ClN3O/c22-16-9-7-14(8-10-16)21-24-18(15-4-3-11-23-13-15)12-19(25-21)17-5-1-2-6-20(17)26/h1-11,13,19,21,25-26H,12H2/t19-,21-/m1/s1. The summed E-state index contributed by atoms with van der Waals surface area (Å²) in [5.74, 6) is 0.285. The molecule has 1 aromatic heterocycles. The molecule has 0 saturated heterocycles. The molecule has 0 bridgehead atoms. The number of rotatable bonds is 3. The van der Waals surface area contributed by atoms with Crippen LogP contribution in [0.2, 0.25) is 5.02 Å². The summed E-state index contributed by atoms with van der Waals surface area (Å²) in [5, 5.41) is 14.5. The molecule has 2 heterocycles. The number of hydrogen-bond donors (Lipinski definition) is 2. The summed E-state index contributed by atoms with van der Waals surface area (Å²) < 4.78 is 0. The fraction of sp³-hybridized carbons (Fsp3) is 0.143. The van der Waals surface area contributed by atoms with Gasteiger partial charge < -0.3 is 5.11 Å². The molecule has 0 amide bonds. The number of pyridine rings is 1. The molecule has 5 heteroatoms. The van der Waals surface area contributed by atoms with E-state index in [9.17, 15) is 5.11 Å². The molecule has 0 unspecified atom stereocenters. The van der Waals surface area contributed by atoms with Crippen LogP contribution in [-0.2, 0) is 0 Å². The first-order chi connectivity index (χ1) is 12.7. The van der Waals surface area contributed by atoms with Crippen molar-refractivity contribution in [1.82, 2.24) is 10.3 Å². The summed E-state index contributed by atoms with van der Waals surface area (Å²) in [5.41, 5.74) is 3.84. The second kappa shape index (κ2) is 7.28. The number of nitrogens with one attached hydrogen (secondary N) is 1. The lowest BCUT2D eigenvalue weighted by Gasteiger charge is -2.30. The Hall–Kier alpha value is -2.69. The first-order valence-corrected chi connectivity index (χ1v) is 8.85. The van der Waals surface area contributed by atoms with Gasteiger partial charge in [-0.3, -0.25) is 15.3 Å². The van der Waals surface area contributed by atoms with E-state index in [1.165, 1.54) is 0 Å². The highest BCUT2D eigenvalue weighted by molar-refractivity contribution is 6.30. The Morgan fingerprint density at radius 3 is 2.54 bits per heavy atom. The number of phenolic OH excluding ortho intramolecular Hbond substituents is 1. The Morgan fingerprint density at radius 1 is 1.00 bits per heavy atom. The predicted molar refractivity (Wildman–Crippen MR) is 104 cm³/mol. The van der Waals surface area contributed by atoms with Gasteiger partial charge in [-0.15, -0.1) is 0 Å². The fourth-order valence-corrected chi connectivity index (χ4v) is 3.34. The third-order valence-corrected chi connectivity index (χ3v) is 4.79. The molecule has 1 aliphatic rings. The SMILES string of the molecule is Oc1ccccc1[C@H]1CC(c2cccnc2)=N[C@@H](c2ccc(Cl)cc2)N1. The van der Waals surface area contributed by atoms with Crippen LogP contribution in [0, 0.1) is 0 Å². The molecule has 130 valence electrons. The van der Waals surface area contributed by atoms with Crippen LogP contribution in [0.25, 0.3) is 0 Å². The average Bonchev–Trinajstić information content (AvgIpc) is 2.69. The number of hydrogen-bond acceptors (Lipinski definition) is 4. The fourth-order valence-electron chi connectivity index (χ4n) is 3.21. The summed E-state index contributed by atoms with van der Waals surface area (Å²) in [6.07, 6.45) is 4.03. The van der Waals surface area contributed by atoms with Gasteiger partial charge in [0, 0.05) is 46.7 Å². The van der Waals surface area contributed by atoms with Crippen LogP contribution in [0.4, 0.5) is 0 Å². The van der Waals surface area contributed by atoms with Gasteiger partial charge in [-0.2, -0.15) is 0 Å². The minimum absolute atomic E-state index is 0.0513. The minimum atomic E-state index is -0.221. The zero-order valence-corrected chi connectivity index (χ0v) is 14.8. The van der Waals surface area contributed by atoms with Crippen molar-refractivity contribution in [2.75, 3.05) is 0 Å². The number of benzene rings is 2. The van der Waals surface area contributed by atoms with Crippen LogP contribution >= 0.6 is 11.6 Å². The van der Waals surface area contributed by atoms with Crippen molar-refractivity contribution in [2.45, 2.75) is 18.6 Å². The zero-order valence-electron chi connectivity index (χ0n) is 14.0. The van der Waals surface area contributed by atoms with Gasteiger partial charge in [0.05, 0.1) is 0 Å². The van der Waals surface area contributed by atoms with E-state index in [0.29, 0.717) is 11.4 Å². The monoisotopic (exact) mass is 363 g/mol. The Bertz CT molecular complexity index is 926. The average molecular weight is 364 g/mol. The molecule has 0 spiro atoms. The van der Waals surface area contributed by atoms with E-state index in [1.807, 2.05) is 60.8 Å². The lowest BCUT2D eigenvalue weighted by atomic mass is 9.94. The van der Waals surface area contributed by atoms with E-state index < -0.39 is 0 Å². The lowest BCUT2D eigenvalue weighted by molar-refractivity contribution is 0.412. The van der Waals surface area contributed by atoms with Gasteiger partial charge >= 0.3 is 0 Å². The van der Waals surface area contributed by atoms with Crippen molar-refractivity contribution in [3.8, 4) is 5.75 Å². The molecular formula is C21H18ClN3O. The van der Waals surface area contributed by atoms with E-state index >= 15 is 0 Å². The van der Waals surface area contributed by atoms with E-state index in [0.717, 1.165) is 22.4 Å². The number of nitrogens with zero attached hydrogens (tertiary/aromatic N) is 2. The molecule has 0 aliphatic carbocycles. The second-order valence-corrected chi connectivity index (χ2v) is 6.69. The highest BCUT2D eigenvalue weighted by Gasteiger charge is 2.27. The smallest absolute Gasteiger partial charge is 0.126 e. The number of para-hydroxylation sites is 1. The van der Waals surface area contributed by atoms with E-state index in [2.05, 4.69) is 10.3 Å². The van der Waals surface area contributed by atoms with E-state index in [-0.39, 0.29) is 18.0 Å². The molecular weight excluding hydrogens is 346 g/mol. The van der Waals surface area contributed by atoms with E-state index in [4.69, 9.17) is 16.6 Å². The number of aromatic hydroxyl groups is 1. The van der Waals surface area contributed by atoms with Crippen molar-refractivity contribution in [3.63, 3.8) is 0 Å². The quantitative estimate of drug-likeness (QED) is 0.711. The molecule has 2 atom stereocenters. The Morgan fingerprint density at radius 2 is 1.81 bits per heavy atom. The molecule has 0 fully saturated rings. The number of aromatic nitrogens is 1. The van der Waals surface area contributed by atoms with E-state index in [1.54, 1.807) is 12.3 Å². The van der Waals surface area contributed by atoms with Gasteiger partial charge in [-0.25, -0.2) is 0 Å². The van der Waals surface area contributed by atoms with Crippen LogP contribution in [0.15, 0.2) is 78.0 Å². The van der Waals surface area contributed by atoms with Crippen molar-refractivity contribution in [3.05, 3.63) is 94.8 Å². The molecule has 3 aromatic rings. The summed E-state index contributed by atoms with van der Waals surface area (Å²) in [7, 11) is 0. The molecule has 4 rings (SSSR count). The normalized spacial score (nSPS) is 19.8. The third kappa shape index (κ3) is 3.47. The third-order valence-electron chi connectivity index (χ3n) is 4.53. The summed E-state index contributed by atoms with van der Waals surface area (Å²) in [4.78, 5) is 9.11. The Balaban J connectivity index is 1.75. The maximum atomic E-state index is 10.3. The van der Waals surface area contributed by atoms with Crippen molar-refractivity contribution in [2.24, 2.45) is 4.99 Å². The summed E-state index contributed by atoms with van der Waals surface area (Å²) in [6, 6.07) is 19.0. The first kappa shape index (κ1) is 16.8. The van der Waals surface area contributed by atoms with Gasteiger partial charge in [0.25, 0.3) is 0 Å². The maximum absolute atomic E-state index is 10.3. The van der Waals surface area contributed by atoms with Crippen LogP contribution in [0.3, 0.4) is 0 Å². The number of aliphatic imine (C=N–C) groups is 1. The van der Waals surface area contributed by atoms with Crippen LogP contribution in [0.5, 0.6) is 5.75 Å².